The molecule has 6 heteroatoms. The second kappa shape index (κ2) is 5.75. The maximum atomic E-state index is 5.85. The van der Waals surface area contributed by atoms with Gasteiger partial charge in [0.25, 0.3) is 0 Å². The largest absolute Gasteiger partial charge is 0.438 e. The van der Waals surface area contributed by atoms with E-state index in [9.17, 15) is 0 Å². The van der Waals surface area contributed by atoms with Crippen LogP contribution in [-0.2, 0) is 0 Å². The number of nitrogens with zero attached hydrogens (tertiary/aromatic N) is 3. The van der Waals surface area contributed by atoms with Gasteiger partial charge in [-0.15, -0.1) is 0 Å². The van der Waals surface area contributed by atoms with E-state index >= 15 is 0 Å². The quantitative estimate of drug-likeness (QED) is 0.657. The van der Waals surface area contributed by atoms with Gasteiger partial charge in [0.2, 0.25) is 5.88 Å². The smallest absolute Gasteiger partial charge is 0.227 e. The monoisotopic (exact) mass is 273 g/mol. The molecule has 0 amide bonds. The third-order valence-corrected chi connectivity index (χ3v) is 2.90. The number of hydrazine groups is 1. The number of nitrogens with two attached hydrogens (primary N) is 1. The number of nitrogens with one attached hydrogen (secondary N) is 1. The molecule has 106 valence electrons. The van der Waals surface area contributed by atoms with Crippen molar-refractivity contribution in [2.45, 2.75) is 13.8 Å². The van der Waals surface area contributed by atoms with Crippen molar-refractivity contribution in [2.75, 3.05) is 24.4 Å². The van der Waals surface area contributed by atoms with Crippen LogP contribution in [0.5, 0.6) is 11.6 Å². The van der Waals surface area contributed by atoms with Crippen LogP contribution < -0.4 is 20.9 Å². The summed E-state index contributed by atoms with van der Waals surface area (Å²) in [6, 6.07) is 7.79. The first-order valence-corrected chi connectivity index (χ1v) is 6.28. The summed E-state index contributed by atoms with van der Waals surface area (Å²) in [5.74, 6) is 7.83. The van der Waals surface area contributed by atoms with E-state index in [-0.39, 0.29) is 0 Å². The van der Waals surface area contributed by atoms with Gasteiger partial charge in [-0.2, -0.15) is 4.98 Å². The molecule has 0 unspecified atom stereocenters. The molecule has 1 heterocycles. The molecule has 0 bridgehead atoms. The van der Waals surface area contributed by atoms with E-state index in [4.69, 9.17) is 10.6 Å². The molecule has 1 aromatic carbocycles. The van der Waals surface area contributed by atoms with E-state index in [2.05, 4.69) is 15.4 Å². The minimum absolute atomic E-state index is 0.501. The normalized spacial score (nSPS) is 10.2. The van der Waals surface area contributed by atoms with E-state index in [0.29, 0.717) is 17.5 Å². The van der Waals surface area contributed by atoms with Crippen molar-refractivity contribution in [2.24, 2.45) is 5.84 Å². The number of rotatable bonds is 4. The molecule has 20 heavy (non-hydrogen) atoms. The van der Waals surface area contributed by atoms with E-state index in [1.54, 1.807) is 6.92 Å². The fourth-order valence-electron chi connectivity index (χ4n) is 1.78. The molecule has 1 aromatic heterocycles. The summed E-state index contributed by atoms with van der Waals surface area (Å²) in [5, 5.41) is 0. The average Bonchev–Trinajstić information content (AvgIpc) is 2.42. The minimum Gasteiger partial charge on any atom is -0.438 e. The van der Waals surface area contributed by atoms with Gasteiger partial charge in [0, 0.05) is 25.8 Å². The molecule has 0 aliphatic rings. The zero-order valence-corrected chi connectivity index (χ0v) is 12.1. The Morgan fingerprint density at radius 3 is 2.60 bits per heavy atom. The molecule has 6 nitrogen and oxygen atoms in total. The average molecular weight is 273 g/mol. The third kappa shape index (κ3) is 2.97. The summed E-state index contributed by atoms with van der Waals surface area (Å²) in [6.45, 7) is 3.66. The Kier molecular flexibility index (Phi) is 4.05. The number of aromatic nitrogens is 2. The lowest BCUT2D eigenvalue weighted by Gasteiger charge is -2.15. The fraction of sp³-hybridized carbons (Fsp3) is 0.286. The Hall–Kier alpha value is -2.34. The molecular weight excluding hydrogens is 254 g/mol. The molecule has 0 aliphatic carbocycles. The molecule has 0 atom stereocenters. The first kappa shape index (κ1) is 14.1. The molecule has 2 rings (SSSR count). The van der Waals surface area contributed by atoms with Gasteiger partial charge in [0.05, 0.1) is 5.56 Å². The van der Waals surface area contributed by atoms with Gasteiger partial charge in [-0.1, -0.05) is 6.07 Å². The number of anilines is 2. The zero-order valence-electron chi connectivity index (χ0n) is 12.1. The molecule has 0 spiro atoms. The molecule has 0 radical (unpaired) electrons. The summed E-state index contributed by atoms with van der Waals surface area (Å²) in [7, 11) is 3.96. The van der Waals surface area contributed by atoms with Gasteiger partial charge in [0.15, 0.2) is 0 Å². The highest BCUT2D eigenvalue weighted by molar-refractivity contribution is 5.52. The van der Waals surface area contributed by atoms with Crippen LogP contribution >= 0.6 is 0 Å². The molecule has 0 saturated carbocycles. The van der Waals surface area contributed by atoms with E-state index in [1.165, 1.54) is 0 Å². The van der Waals surface area contributed by atoms with Crippen molar-refractivity contribution in [1.82, 2.24) is 9.97 Å². The predicted octanol–water partition coefficient (Wildman–Crippen LogP) is 2.24. The van der Waals surface area contributed by atoms with E-state index in [1.807, 2.05) is 50.2 Å². The SMILES string of the molecule is Cc1nc(NN)c(C)c(Oc2cccc(N(C)C)c2)n1. The topological polar surface area (TPSA) is 76.3 Å². The van der Waals surface area contributed by atoms with Crippen molar-refractivity contribution in [3.8, 4) is 11.6 Å². The molecule has 2 aromatic rings. The van der Waals surface area contributed by atoms with Crippen LogP contribution in [0.4, 0.5) is 11.5 Å². The van der Waals surface area contributed by atoms with Crippen molar-refractivity contribution in [1.29, 1.82) is 0 Å². The Labute approximate surface area is 118 Å². The minimum atomic E-state index is 0.501. The number of nitrogen functional groups attached to an aromatic ring is 1. The highest BCUT2D eigenvalue weighted by atomic mass is 16.5. The van der Waals surface area contributed by atoms with Crippen molar-refractivity contribution >= 4 is 11.5 Å². The van der Waals surface area contributed by atoms with Crippen molar-refractivity contribution in [3.63, 3.8) is 0 Å². The highest BCUT2D eigenvalue weighted by Gasteiger charge is 2.11. The van der Waals surface area contributed by atoms with Gasteiger partial charge >= 0.3 is 0 Å². The van der Waals surface area contributed by atoms with Crippen molar-refractivity contribution < 1.29 is 4.74 Å². The summed E-state index contributed by atoms with van der Waals surface area (Å²) >= 11 is 0. The lowest BCUT2D eigenvalue weighted by molar-refractivity contribution is 0.456. The van der Waals surface area contributed by atoms with Gasteiger partial charge in [-0.3, -0.25) is 0 Å². The number of ether oxygens (including phenoxy) is 1. The molecule has 0 fully saturated rings. The zero-order chi connectivity index (χ0) is 14.7. The second-order valence-corrected chi connectivity index (χ2v) is 4.69. The standard InChI is InChI=1S/C14H19N5O/c1-9-13(18-15)16-10(2)17-14(9)20-12-7-5-6-11(8-12)19(3)4/h5-8H,15H2,1-4H3,(H,16,17,18). The Morgan fingerprint density at radius 2 is 1.95 bits per heavy atom. The number of aryl methyl sites for hydroxylation is 1. The molecular formula is C14H19N5O. The Bertz CT molecular complexity index is 613. The third-order valence-electron chi connectivity index (χ3n) is 2.90. The number of hydrogen-bond acceptors (Lipinski definition) is 6. The summed E-state index contributed by atoms with van der Waals surface area (Å²) in [4.78, 5) is 10.5. The van der Waals surface area contributed by atoms with Crippen molar-refractivity contribution in [3.05, 3.63) is 35.7 Å². The van der Waals surface area contributed by atoms with Crippen LogP contribution in [0, 0.1) is 13.8 Å². The Morgan fingerprint density at radius 1 is 1.20 bits per heavy atom. The van der Waals surface area contributed by atoms with Gasteiger partial charge in [-0.25, -0.2) is 10.8 Å². The van der Waals surface area contributed by atoms with Gasteiger partial charge < -0.3 is 15.1 Å². The predicted molar refractivity (Wildman–Crippen MR) is 80.2 cm³/mol. The Balaban J connectivity index is 2.35. The molecule has 0 saturated heterocycles. The van der Waals surface area contributed by atoms with E-state index < -0.39 is 0 Å². The van der Waals surface area contributed by atoms with Crippen LogP contribution in [0.25, 0.3) is 0 Å². The number of benzene rings is 1. The maximum Gasteiger partial charge on any atom is 0.227 e. The van der Waals surface area contributed by atoms with E-state index in [0.717, 1.165) is 17.0 Å². The lowest BCUT2D eigenvalue weighted by atomic mass is 10.3. The highest BCUT2D eigenvalue weighted by Crippen LogP contribution is 2.28. The second-order valence-electron chi connectivity index (χ2n) is 4.69. The first-order valence-electron chi connectivity index (χ1n) is 6.28. The summed E-state index contributed by atoms with van der Waals surface area (Å²) < 4.78 is 5.85. The van der Waals surface area contributed by atoms with Gasteiger partial charge in [-0.05, 0) is 26.0 Å². The summed E-state index contributed by atoms with van der Waals surface area (Å²) in [5.41, 5.74) is 4.38. The first-order chi connectivity index (χ1) is 9.51. The van der Waals surface area contributed by atoms with Crippen LogP contribution in [0.1, 0.15) is 11.4 Å². The summed E-state index contributed by atoms with van der Waals surface area (Å²) in [6.07, 6.45) is 0. The van der Waals surface area contributed by atoms with Crippen LogP contribution in [0.15, 0.2) is 24.3 Å². The van der Waals surface area contributed by atoms with Crippen LogP contribution in [0.2, 0.25) is 0 Å². The van der Waals surface area contributed by atoms with Crippen LogP contribution in [0.3, 0.4) is 0 Å². The maximum absolute atomic E-state index is 5.85. The fourth-order valence-corrected chi connectivity index (χ4v) is 1.78. The molecule has 0 aliphatic heterocycles. The molecule has 3 N–H and O–H groups in total. The van der Waals surface area contributed by atoms with Gasteiger partial charge in [0.1, 0.15) is 17.4 Å². The van der Waals surface area contributed by atoms with Crippen LogP contribution in [-0.4, -0.2) is 24.1 Å². The number of hydrogen-bond donors (Lipinski definition) is 2. The lowest BCUT2D eigenvalue weighted by Crippen LogP contribution is -2.12.